The first kappa shape index (κ1) is 22.9. The van der Waals surface area contributed by atoms with E-state index >= 15 is 0 Å². The first-order valence-electron chi connectivity index (χ1n) is 10.8. The Labute approximate surface area is 202 Å². The molecule has 1 saturated heterocycles. The summed E-state index contributed by atoms with van der Waals surface area (Å²) in [6.07, 6.45) is -0.276. The van der Waals surface area contributed by atoms with Gasteiger partial charge in [0.2, 0.25) is 22.7 Å². The number of imide groups is 1. The first-order valence-corrected chi connectivity index (χ1v) is 12.3. The van der Waals surface area contributed by atoms with E-state index in [1.165, 1.54) is 19.2 Å². The van der Waals surface area contributed by atoms with Crippen LogP contribution >= 0.6 is 0 Å². The molecule has 3 aromatic rings. The van der Waals surface area contributed by atoms with Crippen molar-refractivity contribution in [3.05, 3.63) is 78.4 Å². The number of methoxy groups -OCH3 is 1. The normalized spacial score (nSPS) is 17.3. The number of carbonyl (C=O) groups excluding carboxylic acids is 2. The van der Waals surface area contributed by atoms with Crippen LogP contribution in [0.5, 0.6) is 17.2 Å². The molecule has 180 valence electrons. The summed E-state index contributed by atoms with van der Waals surface area (Å²) in [6.45, 7) is -0.0503. The van der Waals surface area contributed by atoms with Crippen LogP contribution in [0.15, 0.2) is 77.7 Å². The van der Waals surface area contributed by atoms with E-state index in [1.54, 1.807) is 60.7 Å². The molecule has 2 amide bonds. The highest BCUT2D eigenvalue weighted by Gasteiger charge is 2.47. The Morgan fingerprint density at radius 3 is 2.40 bits per heavy atom. The predicted molar refractivity (Wildman–Crippen MR) is 126 cm³/mol. The molecule has 2 aliphatic rings. The summed E-state index contributed by atoms with van der Waals surface area (Å²) in [5.74, 6) is 0.530. The van der Waals surface area contributed by atoms with Crippen molar-refractivity contribution in [3.63, 3.8) is 0 Å². The molecule has 0 N–H and O–H groups in total. The summed E-state index contributed by atoms with van der Waals surface area (Å²) in [5.41, 5.74) is 0.945. The number of hydrogen-bond acceptors (Lipinski definition) is 7. The van der Waals surface area contributed by atoms with Gasteiger partial charge in [0.05, 0.1) is 24.1 Å². The van der Waals surface area contributed by atoms with Crippen molar-refractivity contribution in [3.8, 4) is 17.2 Å². The van der Waals surface area contributed by atoms with Crippen LogP contribution in [0, 0.1) is 0 Å². The van der Waals surface area contributed by atoms with Crippen molar-refractivity contribution < 1.29 is 32.2 Å². The second-order valence-electron chi connectivity index (χ2n) is 8.04. The summed E-state index contributed by atoms with van der Waals surface area (Å²) in [5, 5.41) is 0. The van der Waals surface area contributed by atoms with E-state index in [9.17, 15) is 18.0 Å². The van der Waals surface area contributed by atoms with Gasteiger partial charge in [-0.2, -0.15) is 4.31 Å². The highest BCUT2D eigenvalue weighted by atomic mass is 32.2. The number of fused-ring (bicyclic) bond motifs is 1. The molecule has 1 unspecified atom stereocenters. The monoisotopic (exact) mass is 494 g/mol. The Morgan fingerprint density at radius 1 is 0.971 bits per heavy atom. The van der Waals surface area contributed by atoms with Crippen LogP contribution in [0.3, 0.4) is 0 Å². The average molecular weight is 495 g/mol. The minimum atomic E-state index is -4.13. The van der Waals surface area contributed by atoms with Crippen LogP contribution in [0.25, 0.3) is 0 Å². The number of hydrogen-bond donors (Lipinski definition) is 0. The molecule has 0 saturated carbocycles. The minimum Gasteiger partial charge on any atom is -0.497 e. The zero-order chi connectivity index (χ0) is 24.6. The van der Waals surface area contributed by atoms with Gasteiger partial charge in [0.15, 0.2) is 11.5 Å². The molecule has 35 heavy (non-hydrogen) atoms. The number of carbonyl (C=O) groups is 2. The lowest BCUT2D eigenvalue weighted by molar-refractivity contribution is -0.122. The minimum absolute atomic E-state index is 0.0314. The van der Waals surface area contributed by atoms with Gasteiger partial charge in [-0.1, -0.05) is 24.3 Å². The molecule has 5 rings (SSSR count). The van der Waals surface area contributed by atoms with Gasteiger partial charge >= 0.3 is 0 Å². The second-order valence-corrected chi connectivity index (χ2v) is 9.93. The fourth-order valence-corrected chi connectivity index (χ4v) is 5.74. The van der Waals surface area contributed by atoms with Crippen LogP contribution in [0.2, 0.25) is 0 Å². The molecule has 10 heteroatoms. The van der Waals surface area contributed by atoms with Gasteiger partial charge in [-0.3, -0.25) is 9.59 Å². The maximum atomic E-state index is 13.7. The van der Waals surface area contributed by atoms with E-state index in [0.717, 1.165) is 9.21 Å². The number of ether oxygens (including phenoxy) is 3. The van der Waals surface area contributed by atoms with Crippen LogP contribution in [0.1, 0.15) is 12.0 Å². The topological polar surface area (TPSA) is 102 Å². The highest BCUT2D eigenvalue weighted by molar-refractivity contribution is 7.89. The molecule has 0 aliphatic carbocycles. The van der Waals surface area contributed by atoms with Gasteiger partial charge < -0.3 is 14.2 Å². The van der Waals surface area contributed by atoms with E-state index in [4.69, 9.17) is 14.2 Å². The first-order chi connectivity index (χ1) is 16.9. The lowest BCUT2D eigenvalue weighted by Crippen LogP contribution is -2.45. The third-order valence-corrected chi connectivity index (χ3v) is 7.80. The number of amides is 2. The molecule has 0 spiro atoms. The number of rotatable bonds is 7. The van der Waals surface area contributed by atoms with Gasteiger partial charge in [-0.15, -0.1) is 0 Å². The van der Waals surface area contributed by atoms with E-state index in [0.29, 0.717) is 28.5 Å². The van der Waals surface area contributed by atoms with Gasteiger partial charge in [-0.05, 0) is 54.1 Å². The molecular formula is C25H22N2O7S. The summed E-state index contributed by atoms with van der Waals surface area (Å²) >= 11 is 0. The largest absolute Gasteiger partial charge is 0.497 e. The molecule has 0 bridgehead atoms. The molecule has 1 fully saturated rings. The predicted octanol–water partition coefficient (Wildman–Crippen LogP) is 2.95. The van der Waals surface area contributed by atoms with Crippen LogP contribution in [0.4, 0.5) is 5.69 Å². The lowest BCUT2D eigenvalue weighted by atomic mass is 10.1. The van der Waals surface area contributed by atoms with Crippen molar-refractivity contribution >= 4 is 27.5 Å². The molecule has 3 aromatic carbocycles. The summed E-state index contributed by atoms with van der Waals surface area (Å²) in [7, 11) is -2.61. The van der Waals surface area contributed by atoms with Crippen LogP contribution in [-0.2, 0) is 26.2 Å². The van der Waals surface area contributed by atoms with Crippen molar-refractivity contribution in [1.29, 1.82) is 0 Å². The SMILES string of the molecule is COc1ccc(N2C(=O)CC(N(Cc3ccc4c(c3)OCO4)S(=O)(=O)c3ccccc3)C2=O)cc1. The summed E-state index contributed by atoms with van der Waals surface area (Å²) in [6, 6.07) is 18.2. The Hall–Kier alpha value is -3.89. The van der Waals surface area contributed by atoms with Crippen LogP contribution < -0.4 is 19.1 Å². The number of anilines is 1. The highest BCUT2D eigenvalue weighted by Crippen LogP contribution is 2.35. The van der Waals surface area contributed by atoms with Crippen molar-refractivity contribution in [1.82, 2.24) is 4.31 Å². The van der Waals surface area contributed by atoms with Crippen molar-refractivity contribution in [2.75, 3.05) is 18.8 Å². The van der Waals surface area contributed by atoms with Crippen molar-refractivity contribution in [2.24, 2.45) is 0 Å². The Kier molecular flexibility index (Phi) is 5.91. The molecule has 0 aromatic heterocycles. The molecule has 2 heterocycles. The number of nitrogens with zero attached hydrogens (tertiary/aromatic N) is 2. The molecule has 0 radical (unpaired) electrons. The maximum Gasteiger partial charge on any atom is 0.252 e. The fourth-order valence-electron chi connectivity index (χ4n) is 4.15. The molecular weight excluding hydrogens is 472 g/mol. The van der Waals surface area contributed by atoms with Gasteiger partial charge in [0.25, 0.3) is 5.91 Å². The Balaban J connectivity index is 1.52. The van der Waals surface area contributed by atoms with E-state index < -0.39 is 27.9 Å². The lowest BCUT2D eigenvalue weighted by Gasteiger charge is -2.27. The van der Waals surface area contributed by atoms with E-state index in [2.05, 4.69) is 0 Å². The number of sulfonamides is 1. The zero-order valence-corrected chi connectivity index (χ0v) is 19.6. The summed E-state index contributed by atoms with van der Waals surface area (Å²) in [4.78, 5) is 27.5. The Morgan fingerprint density at radius 2 is 1.69 bits per heavy atom. The fraction of sp³-hybridized carbons (Fsp3) is 0.200. The van der Waals surface area contributed by atoms with Gasteiger partial charge in [0, 0.05) is 6.54 Å². The van der Waals surface area contributed by atoms with E-state index in [1.807, 2.05) is 0 Å². The zero-order valence-electron chi connectivity index (χ0n) is 18.8. The number of benzene rings is 3. The maximum absolute atomic E-state index is 13.7. The second kappa shape index (κ2) is 9.05. The molecule has 2 aliphatic heterocycles. The van der Waals surface area contributed by atoms with Gasteiger partial charge in [-0.25, -0.2) is 13.3 Å². The van der Waals surface area contributed by atoms with Gasteiger partial charge in [0.1, 0.15) is 11.8 Å². The van der Waals surface area contributed by atoms with Crippen LogP contribution in [-0.4, -0.2) is 44.5 Å². The van der Waals surface area contributed by atoms with Crippen molar-refractivity contribution in [2.45, 2.75) is 23.9 Å². The smallest absolute Gasteiger partial charge is 0.252 e. The third kappa shape index (κ3) is 4.22. The standard InChI is InChI=1S/C25H22N2O7S/c1-32-19-10-8-18(9-11-19)27-24(28)14-21(25(27)29)26(35(30,31)20-5-3-2-4-6-20)15-17-7-12-22-23(13-17)34-16-33-22/h2-13,21H,14-16H2,1H3. The average Bonchev–Trinajstić information content (AvgIpc) is 3.46. The molecule has 9 nitrogen and oxygen atoms in total. The summed E-state index contributed by atoms with van der Waals surface area (Å²) < 4.78 is 44.4. The quantitative estimate of drug-likeness (QED) is 0.466. The Bertz CT molecular complexity index is 1370. The third-order valence-electron chi connectivity index (χ3n) is 5.93. The van der Waals surface area contributed by atoms with E-state index in [-0.39, 0.29) is 24.7 Å². The molecule has 1 atom stereocenters.